The lowest BCUT2D eigenvalue weighted by molar-refractivity contribution is -0.144. The number of carbonyl (C=O) groups is 4. The topological polar surface area (TPSA) is 95.0 Å². The maximum Gasteiger partial charge on any atom is 0.326 e. The van der Waals surface area contributed by atoms with E-state index in [1.165, 1.54) is 13.8 Å². The summed E-state index contributed by atoms with van der Waals surface area (Å²) in [7, 11) is 0. The summed E-state index contributed by atoms with van der Waals surface area (Å²) < 4.78 is 0.0638. The molecule has 3 rings (SSSR count). The van der Waals surface area contributed by atoms with Crippen LogP contribution in [0.1, 0.15) is 19.4 Å². The van der Waals surface area contributed by atoms with Crippen LogP contribution in [0.4, 0.5) is 5.69 Å². The molecule has 2 heterocycles. The van der Waals surface area contributed by atoms with Crippen molar-refractivity contribution >= 4 is 63.3 Å². The van der Waals surface area contributed by atoms with Gasteiger partial charge in [0, 0.05) is 12.5 Å². The minimum absolute atomic E-state index is 0.0410. The minimum atomic E-state index is -1.20. The Bertz CT molecular complexity index is 892. The molecule has 0 bridgehead atoms. The second-order valence-corrected chi connectivity index (χ2v) is 7.08. The molecule has 1 aromatic rings. The quantitative estimate of drug-likeness (QED) is 0.619. The molecule has 7 nitrogen and oxygen atoms in total. The number of rotatable bonds is 2. The number of nitrogens with zero attached hydrogens (tertiary/aromatic N) is 2. The lowest BCUT2D eigenvalue weighted by atomic mass is 10.1. The Morgan fingerprint density at radius 1 is 1.20 bits per heavy atom. The van der Waals surface area contributed by atoms with Crippen molar-refractivity contribution in [3.05, 3.63) is 34.7 Å². The molecular weight excluding hydrogens is 364 g/mol. The van der Waals surface area contributed by atoms with Crippen molar-refractivity contribution in [3.63, 3.8) is 0 Å². The Kier molecular flexibility index (Phi) is 4.21. The van der Waals surface area contributed by atoms with E-state index in [4.69, 9.17) is 17.3 Å². The summed E-state index contributed by atoms with van der Waals surface area (Å²) in [6.45, 7) is 2.60. The van der Waals surface area contributed by atoms with Crippen molar-refractivity contribution < 1.29 is 24.3 Å². The Balaban J connectivity index is 2.17. The predicted molar refractivity (Wildman–Crippen MR) is 95.7 cm³/mol. The van der Waals surface area contributed by atoms with Gasteiger partial charge in [-0.2, -0.15) is 0 Å². The molecule has 1 saturated heterocycles. The van der Waals surface area contributed by atoms with Crippen LogP contribution in [0.25, 0.3) is 5.57 Å². The lowest BCUT2D eigenvalue weighted by Gasteiger charge is -2.18. The van der Waals surface area contributed by atoms with Gasteiger partial charge < -0.3 is 5.11 Å². The summed E-state index contributed by atoms with van der Waals surface area (Å²) in [5.41, 5.74) is 0.918. The van der Waals surface area contributed by atoms with Crippen LogP contribution in [0, 0.1) is 0 Å². The highest BCUT2D eigenvalue weighted by molar-refractivity contribution is 8.26. The Hall–Kier alpha value is -2.52. The van der Waals surface area contributed by atoms with Crippen molar-refractivity contribution in [2.75, 3.05) is 4.90 Å². The molecule has 1 atom stereocenters. The first-order chi connectivity index (χ1) is 11.8. The summed E-state index contributed by atoms with van der Waals surface area (Å²) in [5.74, 6) is -2.93. The third-order valence-electron chi connectivity index (χ3n) is 3.92. The summed E-state index contributed by atoms with van der Waals surface area (Å²) in [4.78, 5) is 50.6. The van der Waals surface area contributed by atoms with Gasteiger partial charge in [-0.1, -0.05) is 42.2 Å². The van der Waals surface area contributed by atoms with E-state index >= 15 is 0 Å². The number of hydrogen-bond acceptors (Lipinski definition) is 6. The van der Waals surface area contributed by atoms with Gasteiger partial charge in [0.1, 0.15) is 10.4 Å². The largest absolute Gasteiger partial charge is 0.480 e. The van der Waals surface area contributed by atoms with E-state index in [0.29, 0.717) is 11.3 Å². The number of thioether (sulfide) groups is 1. The molecule has 25 heavy (non-hydrogen) atoms. The number of fused-ring (bicyclic) bond motifs is 1. The van der Waals surface area contributed by atoms with Crippen LogP contribution in [0.2, 0.25) is 0 Å². The highest BCUT2D eigenvalue weighted by Crippen LogP contribution is 2.44. The number of aliphatic carboxylic acids is 1. The maximum atomic E-state index is 12.8. The highest BCUT2D eigenvalue weighted by atomic mass is 32.2. The van der Waals surface area contributed by atoms with E-state index in [1.807, 2.05) is 0 Å². The van der Waals surface area contributed by atoms with Gasteiger partial charge in [0.25, 0.3) is 11.8 Å². The summed E-state index contributed by atoms with van der Waals surface area (Å²) in [6.07, 6.45) is 0. The average molecular weight is 376 g/mol. The zero-order chi connectivity index (χ0) is 18.5. The minimum Gasteiger partial charge on any atom is -0.480 e. The molecule has 0 spiro atoms. The van der Waals surface area contributed by atoms with Crippen LogP contribution in [0.5, 0.6) is 0 Å². The molecule has 9 heteroatoms. The molecule has 128 valence electrons. The number of anilines is 1. The fraction of sp³-hybridized carbons (Fsp3) is 0.188. The van der Waals surface area contributed by atoms with E-state index in [0.717, 1.165) is 21.6 Å². The van der Waals surface area contributed by atoms with Crippen molar-refractivity contribution in [2.45, 2.75) is 19.9 Å². The first kappa shape index (κ1) is 17.3. The smallest absolute Gasteiger partial charge is 0.326 e. The second kappa shape index (κ2) is 6.08. The number of carboxylic acid groups (broad SMARTS) is 1. The normalized spacial score (nSPS) is 21.0. The van der Waals surface area contributed by atoms with Gasteiger partial charge in [-0.3, -0.25) is 19.3 Å². The number of carbonyl (C=O) groups excluding carboxylic acids is 3. The summed E-state index contributed by atoms with van der Waals surface area (Å²) in [6, 6.07) is 5.47. The molecule has 2 aliphatic heterocycles. The molecule has 0 radical (unpaired) electrons. The zero-order valence-electron chi connectivity index (χ0n) is 13.2. The Morgan fingerprint density at radius 2 is 1.84 bits per heavy atom. The fourth-order valence-corrected chi connectivity index (χ4v) is 4.21. The molecule has 0 saturated carbocycles. The van der Waals surface area contributed by atoms with E-state index in [2.05, 4.69) is 0 Å². The SMILES string of the molecule is CC(=O)N1C(=O)/C(=C2\SC(=S)N([C@@H](C)C(=O)O)C2=O)c2ccccc21. The number of amides is 3. The van der Waals surface area contributed by atoms with E-state index in [9.17, 15) is 19.2 Å². The van der Waals surface area contributed by atoms with Crippen LogP contribution < -0.4 is 4.90 Å². The molecule has 0 aliphatic carbocycles. The van der Waals surface area contributed by atoms with Gasteiger partial charge in [-0.25, -0.2) is 9.69 Å². The van der Waals surface area contributed by atoms with E-state index in [-0.39, 0.29) is 14.8 Å². The van der Waals surface area contributed by atoms with E-state index in [1.54, 1.807) is 24.3 Å². The van der Waals surface area contributed by atoms with Crippen molar-refractivity contribution in [2.24, 2.45) is 0 Å². The third-order valence-corrected chi connectivity index (χ3v) is 5.32. The van der Waals surface area contributed by atoms with Gasteiger partial charge in [-0.15, -0.1) is 0 Å². The number of thiocarbonyl (C=S) groups is 1. The van der Waals surface area contributed by atoms with Crippen LogP contribution in [-0.4, -0.2) is 44.1 Å². The van der Waals surface area contributed by atoms with Gasteiger partial charge in [-0.05, 0) is 13.0 Å². The molecule has 2 aliphatic rings. The molecule has 1 N–H and O–H groups in total. The number of hydrogen-bond donors (Lipinski definition) is 1. The molecule has 1 aromatic carbocycles. The second-order valence-electron chi connectivity index (χ2n) is 5.44. The number of benzene rings is 1. The van der Waals surface area contributed by atoms with Gasteiger partial charge in [0.05, 0.1) is 16.2 Å². The maximum absolute atomic E-state index is 12.8. The zero-order valence-corrected chi connectivity index (χ0v) is 14.8. The lowest BCUT2D eigenvalue weighted by Crippen LogP contribution is -2.41. The van der Waals surface area contributed by atoms with Crippen LogP contribution in [0.15, 0.2) is 29.2 Å². The molecular formula is C16H12N2O5S2. The summed E-state index contributed by atoms with van der Waals surface area (Å²) in [5, 5.41) is 9.16. The predicted octanol–water partition coefficient (Wildman–Crippen LogP) is 1.62. The van der Waals surface area contributed by atoms with Crippen molar-refractivity contribution in [1.29, 1.82) is 0 Å². The van der Waals surface area contributed by atoms with Gasteiger partial charge >= 0.3 is 5.97 Å². The standard InChI is InChI=1S/C16H12N2O5S2/c1-7(15(22)23)17-14(21)12(25-16(17)24)11-9-5-3-4-6-10(9)18(8(2)19)13(11)20/h3-7H,1-2H3,(H,22,23)/b12-11-/t7-/m0/s1. The first-order valence-electron chi connectivity index (χ1n) is 7.22. The number of carboxylic acids is 1. The Morgan fingerprint density at radius 3 is 2.44 bits per heavy atom. The number of para-hydroxylation sites is 1. The first-order valence-corrected chi connectivity index (χ1v) is 8.45. The fourth-order valence-electron chi connectivity index (χ4n) is 2.72. The third kappa shape index (κ3) is 2.56. The monoisotopic (exact) mass is 376 g/mol. The van der Waals surface area contributed by atoms with Crippen LogP contribution >= 0.6 is 24.0 Å². The van der Waals surface area contributed by atoms with Crippen LogP contribution in [-0.2, 0) is 19.2 Å². The molecule has 0 aromatic heterocycles. The van der Waals surface area contributed by atoms with E-state index < -0.39 is 29.7 Å². The average Bonchev–Trinajstić information content (AvgIpc) is 2.99. The molecule has 0 unspecified atom stereocenters. The Labute approximate surface area is 152 Å². The molecule has 3 amide bonds. The van der Waals surface area contributed by atoms with Gasteiger partial charge in [0.2, 0.25) is 5.91 Å². The van der Waals surface area contributed by atoms with Crippen LogP contribution in [0.3, 0.4) is 0 Å². The van der Waals surface area contributed by atoms with Crippen molar-refractivity contribution in [1.82, 2.24) is 4.90 Å². The molecule has 1 fully saturated rings. The van der Waals surface area contributed by atoms with Crippen molar-refractivity contribution in [3.8, 4) is 0 Å². The number of imide groups is 1. The van der Waals surface area contributed by atoms with Gasteiger partial charge in [0.15, 0.2) is 0 Å². The summed E-state index contributed by atoms with van der Waals surface area (Å²) >= 11 is 5.99. The highest BCUT2D eigenvalue weighted by Gasteiger charge is 2.45.